The Morgan fingerprint density at radius 3 is 2.58 bits per heavy atom. The zero-order valence-electron chi connectivity index (χ0n) is 14.3. The van der Waals surface area contributed by atoms with Crippen LogP contribution >= 0.6 is 0 Å². The standard InChI is InChI=1S/C19H28N2O3/c22-14-16-8-11-20(12-9-16)18-7-4-10-21(13-18)19(23)24-15-17-5-2-1-3-6-17/h1-3,5-6,16,18,22H,4,7-15H2. The van der Waals surface area contributed by atoms with Crippen LogP contribution in [0.15, 0.2) is 30.3 Å². The van der Waals surface area contributed by atoms with Crippen molar-refractivity contribution in [2.75, 3.05) is 32.8 Å². The van der Waals surface area contributed by atoms with Crippen LogP contribution in [0, 0.1) is 5.92 Å². The monoisotopic (exact) mass is 332 g/mol. The van der Waals surface area contributed by atoms with Gasteiger partial charge in [0.2, 0.25) is 0 Å². The number of carbonyl (C=O) groups excluding carboxylic acids is 1. The summed E-state index contributed by atoms with van der Waals surface area (Å²) in [6, 6.07) is 10.2. The number of hydrogen-bond acceptors (Lipinski definition) is 4. The van der Waals surface area contributed by atoms with Gasteiger partial charge in [0.15, 0.2) is 0 Å². The Kier molecular flexibility index (Phi) is 6.10. The molecule has 1 N–H and O–H groups in total. The number of carbonyl (C=O) groups is 1. The lowest BCUT2D eigenvalue weighted by Gasteiger charge is -2.41. The molecular formula is C19H28N2O3. The minimum Gasteiger partial charge on any atom is -0.445 e. The van der Waals surface area contributed by atoms with Crippen LogP contribution < -0.4 is 0 Å². The summed E-state index contributed by atoms with van der Waals surface area (Å²) in [5.41, 5.74) is 1.02. The number of piperidine rings is 2. The molecule has 5 nitrogen and oxygen atoms in total. The molecule has 0 aliphatic carbocycles. The van der Waals surface area contributed by atoms with Gasteiger partial charge in [-0.1, -0.05) is 30.3 Å². The van der Waals surface area contributed by atoms with Crippen molar-refractivity contribution >= 4 is 6.09 Å². The number of hydrogen-bond donors (Lipinski definition) is 1. The molecular weight excluding hydrogens is 304 g/mol. The van der Waals surface area contributed by atoms with Gasteiger partial charge >= 0.3 is 6.09 Å². The summed E-state index contributed by atoms with van der Waals surface area (Å²) in [6.07, 6.45) is 4.10. The van der Waals surface area contributed by atoms with Crippen molar-refractivity contribution < 1.29 is 14.6 Å². The lowest BCUT2D eigenvalue weighted by Crippen LogP contribution is -2.52. The molecule has 2 fully saturated rings. The van der Waals surface area contributed by atoms with Gasteiger partial charge in [0.25, 0.3) is 0 Å². The molecule has 24 heavy (non-hydrogen) atoms. The van der Waals surface area contributed by atoms with E-state index in [1.54, 1.807) is 0 Å². The highest BCUT2D eigenvalue weighted by molar-refractivity contribution is 5.67. The first kappa shape index (κ1) is 17.2. The number of rotatable bonds is 4. The van der Waals surface area contributed by atoms with Gasteiger partial charge in [-0.25, -0.2) is 4.79 Å². The van der Waals surface area contributed by atoms with Gasteiger partial charge in [-0.2, -0.15) is 0 Å². The minimum absolute atomic E-state index is 0.200. The van der Waals surface area contributed by atoms with Gasteiger partial charge in [-0.3, -0.25) is 4.90 Å². The summed E-state index contributed by atoms with van der Waals surface area (Å²) in [7, 11) is 0. The molecule has 1 amide bonds. The van der Waals surface area contributed by atoms with Crippen LogP contribution in [0.1, 0.15) is 31.2 Å². The average Bonchev–Trinajstić information content (AvgIpc) is 2.67. The van der Waals surface area contributed by atoms with Crippen molar-refractivity contribution in [3.63, 3.8) is 0 Å². The van der Waals surface area contributed by atoms with E-state index in [1.165, 1.54) is 0 Å². The van der Waals surface area contributed by atoms with Crippen LogP contribution in [0.4, 0.5) is 4.79 Å². The van der Waals surface area contributed by atoms with E-state index in [2.05, 4.69) is 4.90 Å². The molecule has 0 radical (unpaired) electrons. The Labute approximate surface area is 144 Å². The Morgan fingerprint density at radius 2 is 1.88 bits per heavy atom. The second-order valence-electron chi connectivity index (χ2n) is 6.94. The zero-order chi connectivity index (χ0) is 16.8. The highest BCUT2D eigenvalue weighted by Crippen LogP contribution is 2.23. The van der Waals surface area contributed by atoms with E-state index in [0.29, 0.717) is 25.2 Å². The van der Waals surface area contributed by atoms with Crippen molar-refractivity contribution in [3.8, 4) is 0 Å². The molecule has 0 aromatic heterocycles. The summed E-state index contributed by atoms with van der Waals surface area (Å²) < 4.78 is 5.47. The second kappa shape index (κ2) is 8.49. The molecule has 1 atom stereocenters. The van der Waals surface area contributed by atoms with E-state index in [-0.39, 0.29) is 6.09 Å². The van der Waals surface area contributed by atoms with Gasteiger partial charge < -0.3 is 14.7 Å². The summed E-state index contributed by atoms with van der Waals surface area (Å²) in [5.74, 6) is 0.455. The van der Waals surface area contributed by atoms with Crippen LogP contribution in [0.5, 0.6) is 0 Å². The van der Waals surface area contributed by atoms with Crippen molar-refractivity contribution in [1.29, 1.82) is 0 Å². The Bertz CT molecular complexity index is 515. The Morgan fingerprint density at radius 1 is 1.12 bits per heavy atom. The SMILES string of the molecule is O=C(OCc1ccccc1)N1CCCC(N2CCC(CO)CC2)C1. The predicted molar refractivity (Wildman–Crippen MR) is 92.6 cm³/mol. The smallest absolute Gasteiger partial charge is 0.410 e. The molecule has 2 saturated heterocycles. The first-order chi connectivity index (χ1) is 11.8. The van der Waals surface area contributed by atoms with E-state index in [0.717, 1.165) is 57.4 Å². The maximum atomic E-state index is 12.4. The third-order valence-corrected chi connectivity index (χ3v) is 5.28. The predicted octanol–water partition coefficient (Wildman–Crippen LogP) is 2.49. The number of ether oxygens (including phenoxy) is 1. The molecule has 5 heteroatoms. The number of aliphatic hydroxyl groups is 1. The summed E-state index contributed by atoms with van der Waals surface area (Å²) in [5, 5.41) is 9.27. The number of aliphatic hydroxyl groups excluding tert-OH is 1. The van der Waals surface area contributed by atoms with E-state index < -0.39 is 0 Å². The third kappa shape index (κ3) is 4.48. The van der Waals surface area contributed by atoms with Crippen LogP contribution in [0.2, 0.25) is 0 Å². The normalized spacial score (nSPS) is 23.2. The fourth-order valence-corrected chi connectivity index (χ4v) is 3.73. The molecule has 0 bridgehead atoms. The van der Waals surface area contributed by atoms with Gasteiger partial charge in [0.05, 0.1) is 0 Å². The second-order valence-corrected chi connectivity index (χ2v) is 6.94. The number of amides is 1. The topological polar surface area (TPSA) is 53.0 Å². The first-order valence-corrected chi connectivity index (χ1v) is 9.07. The molecule has 2 heterocycles. The molecule has 0 spiro atoms. The largest absolute Gasteiger partial charge is 0.445 e. The Hall–Kier alpha value is -1.59. The van der Waals surface area contributed by atoms with Gasteiger partial charge in [-0.15, -0.1) is 0 Å². The zero-order valence-corrected chi connectivity index (χ0v) is 14.3. The lowest BCUT2D eigenvalue weighted by molar-refractivity contribution is 0.0428. The van der Waals surface area contributed by atoms with Crippen molar-refractivity contribution in [2.24, 2.45) is 5.92 Å². The van der Waals surface area contributed by atoms with Gasteiger partial charge in [0.1, 0.15) is 6.61 Å². The van der Waals surface area contributed by atoms with Crippen LogP contribution in [0.25, 0.3) is 0 Å². The third-order valence-electron chi connectivity index (χ3n) is 5.28. The van der Waals surface area contributed by atoms with Crippen molar-refractivity contribution in [3.05, 3.63) is 35.9 Å². The van der Waals surface area contributed by atoms with E-state index >= 15 is 0 Å². The molecule has 2 aliphatic heterocycles. The molecule has 1 unspecified atom stereocenters. The summed E-state index contributed by atoms with van der Waals surface area (Å²) >= 11 is 0. The molecule has 2 aliphatic rings. The highest BCUT2D eigenvalue weighted by atomic mass is 16.6. The summed E-state index contributed by atoms with van der Waals surface area (Å²) in [6.45, 7) is 4.25. The molecule has 0 saturated carbocycles. The first-order valence-electron chi connectivity index (χ1n) is 9.07. The lowest BCUT2D eigenvalue weighted by atomic mass is 9.94. The van der Waals surface area contributed by atoms with Crippen LogP contribution in [-0.4, -0.2) is 59.8 Å². The minimum atomic E-state index is -0.200. The van der Waals surface area contributed by atoms with E-state index in [4.69, 9.17) is 4.74 Å². The Balaban J connectivity index is 1.47. The highest BCUT2D eigenvalue weighted by Gasteiger charge is 2.30. The quantitative estimate of drug-likeness (QED) is 0.920. The van der Waals surface area contributed by atoms with Crippen molar-refractivity contribution in [1.82, 2.24) is 9.80 Å². The number of nitrogens with zero attached hydrogens (tertiary/aromatic N) is 2. The molecule has 1 aromatic carbocycles. The maximum absolute atomic E-state index is 12.4. The fraction of sp³-hybridized carbons (Fsp3) is 0.632. The molecule has 132 valence electrons. The van der Waals surface area contributed by atoms with E-state index in [9.17, 15) is 9.90 Å². The van der Waals surface area contributed by atoms with Crippen LogP contribution in [-0.2, 0) is 11.3 Å². The molecule has 1 aromatic rings. The number of benzene rings is 1. The summed E-state index contributed by atoms with van der Waals surface area (Å²) in [4.78, 5) is 16.7. The molecule has 3 rings (SSSR count). The average molecular weight is 332 g/mol. The fourth-order valence-electron chi connectivity index (χ4n) is 3.73. The van der Waals surface area contributed by atoms with Gasteiger partial charge in [-0.05, 0) is 50.3 Å². The van der Waals surface area contributed by atoms with E-state index in [1.807, 2.05) is 35.2 Å². The van der Waals surface area contributed by atoms with Gasteiger partial charge in [0, 0.05) is 25.7 Å². The maximum Gasteiger partial charge on any atom is 0.410 e. The van der Waals surface area contributed by atoms with Crippen molar-refractivity contribution in [2.45, 2.75) is 38.3 Å². The van der Waals surface area contributed by atoms with Crippen LogP contribution in [0.3, 0.4) is 0 Å². The number of likely N-dealkylation sites (tertiary alicyclic amines) is 2.